The van der Waals surface area contributed by atoms with Gasteiger partial charge in [-0.1, -0.05) is 11.6 Å². The smallest absolute Gasteiger partial charge is 0.151 e. The summed E-state index contributed by atoms with van der Waals surface area (Å²) in [6, 6.07) is 5.61. The Kier molecular flexibility index (Phi) is 3.34. The molecular formula is C12H8ClF3N2. The van der Waals surface area contributed by atoms with Crippen molar-refractivity contribution in [1.82, 2.24) is 0 Å². The van der Waals surface area contributed by atoms with Crippen LogP contribution in [-0.2, 0) is 0 Å². The molecule has 0 radical (unpaired) electrons. The maximum absolute atomic E-state index is 13.5. The first kappa shape index (κ1) is 12.6. The highest BCUT2D eigenvalue weighted by Gasteiger charge is 2.12. The lowest BCUT2D eigenvalue weighted by Gasteiger charge is -2.10. The van der Waals surface area contributed by atoms with Gasteiger partial charge in [-0.05, 0) is 30.3 Å². The van der Waals surface area contributed by atoms with E-state index in [0.717, 1.165) is 18.2 Å². The van der Waals surface area contributed by atoms with Crippen LogP contribution in [0, 0.1) is 17.5 Å². The van der Waals surface area contributed by atoms with Crippen molar-refractivity contribution in [3.05, 3.63) is 52.8 Å². The van der Waals surface area contributed by atoms with Crippen LogP contribution in [0.15, 0.2) is 30.3 Å². The molecule has 0 unspecified atom stereocenters. The first-order chi connectivity index (χ1) is 8.47. The van der Waals surface area contributed by atoms with Gasteiger partial charge in [0.05, 0.1) is 5.69 Å². The van der Waals surface area contributed by atoms with Crippen molar-refractivity contribution in [3.8, 4) is 0 Å². The first-order valence-electron chi connectivity index (χ1n) is 4.94. The third-order valence-corrected chi connectivity index (χ3v) is 2.49. The largest absolute Gasteiger partial charge is 0.399 e. The number of halogens is 4. The number of nitrogen functional groups attached to an aromatic ring is 1. The summed E-state index contributed by atoms with van der Waals surface area (Å²) in [6.07, 6.45) is 0. The first-order valence-corrected chi connectivity index (χ1v) is 5.32. The Morgan fingerprint density at radius 3 is 2.11 bits per heavy atom. The monoisotopic (exact) mass is 272 g/mol. The van der Waals surface area contributed by atoms with Crippen LogP contribution in [0.4, 0.5) is 30.2 Å². The fraction of sp³-hybridized carbons (Fsp3) is 0. The van der Waals surface area contributed by atoms with Crippen LogP contribution >= 0.6 is 11.6 Å². The molecule has 0 saturated carbocycles. The lowest BCUT2D eigenvalue weighted by Crippen LogP contribution is -2.01. The number of rotatable bonds is 2. The summed E-state index contributed by atoms with van der Waals surface area (Å²) < 4.78 is 40.4. The van der Waals surface area contributed by atoms with Crippen LogP contribution in [0.2, 0.25) is 5.02 Å². The van der Waals surface area contributed by atoms with E-state index in [0.29, 0.717) is 0 Å². The molecule has 18 heavy (non-hydrogen) atoms. The van der Waals surface area contributed by atoms with Crippen LogP contribution < -0.4 is 11.1 Å². The Balaban J connectivity index is 2.40. The average Bonchev–Trinajstić information content (AvgIpc) is 2.25. The third kappa shape index (κ3) is 2.51. The maximum atomic E-state index is 13.5. The van der Waals surface area contributed by atoms with Crippen LogP contribution in [0.25, 0.3) is 0 Å². The van der Waals surface area contributed by atoms with Gasteiger partial charge in [-0.3, -0.25) is 0 Å². The number of nitrogens with one attached hydrogen (secondary N) is 1. The molecule has 94 valence electrons. The topological polar surface area (TPSA) is 38.0 Å². The molecule has 0 spiro atoms. The van der Waals surface area contributed by atoms with E-state index in [2.05, 4.69) is 5.32 Å². The van der Waals surface area contributed by atoms with E-state index in [9.17, 15) is 13.2 Å². The molecular weight excluding hydrogens is 265 g/mol. The molecule has 0 saturated heterocycles. The van der Waals surface area contributed by atoms with E-state index in [1.54, 1.807) is 0 Å². The van der Waals surface area contributed by atoms with Gasteiger partial charge in [-0.15, -0.1) is 0 Å². The summed E-state index contributed by atoms with van der Waals surface area (Å²) in [5.74, 6) is -2.51. The highest BCUT2D eigenvalue weighted by Crippen LogP contribution is 2.28. The molecule has 0 aliphatic heterocycles. The SMILES string of the molecule is Nc1cc(F)c(Nc2ccc(Cl)cc2F)c(F)c1. The molecule has 0 aromatic heterocycles. The van der Waals surface area contributed by atoms with Gasteiger partial charge in [0.2, 0.25) is 0 Å². The molecule has 2 aromatic carbocycles. The van der Waals surface area contributed by atoms with Crippen LogP contribution in [-0.4, -0.2) is 0 Å². The fourth-order valence-corrected chi connectivity index (χ4v) is 1.60. The molecule has 0 heterocycles. The summed E-state index contributed by atoms with van der Waals surface area (Å²) in [5.41, 5.74) is 4.67. The minimum absolute atomic E-state index is 0.0490. The molecule has 6 heteroatoms. The number of benzene rings is 2. The second kappa shape index (κ2) is 4.78. The third-order valence-electron chi connectivity index (χ3n) is 2.26. The van der Waals surface area contributed by atoms with E-state index >= 15 is 0 Å². The molecule has 2 aromatic rings. The standard InChI is InChI=1S/C12H8ClF3N2/c13-6-1-2-11(8(14)3-6)18-12-9(15)4-7(17)5-10(12)16/h1-5,18H,17H2. The molecule has 0 aliphatic carbocycles. The highest BCUT2D eigenvalue weighted by molar-refractivity contribution is 6.30. The summed E-state index contributed by atoms with van der Waals surface area (Å²) >= 11 is 5.57. The molecule has 3 N–H and O–H groups in total. The Bertz CT molecular complexity index is 579. The van der Waals surface area contributed by atoms with E-state index in [-0.39, 0.29) is 16.4 Å². The molecule has 0 amide bonds. The van der Waals surface area contributed by atoms with E-state index in [4.69, 9.17) is 17.3 Å². The van der Waals surface area contributed by atoms with E-state index in [1.165, 1.54) is 12.1 Å². The van der Waals surface area contributed by atoms with Crippen molar-refractivity contribution in [2.75, 3.05) is 11.1 Å². The maximum Gasteiger partial charge on any atom is 0.151 e. The van der Waals surface area contributed by atoms with Gasteiger partial charge in [-0.25, -0.2) is 13.2 Å². The zero-order chi connectivity index (χ0) is 13.3. The van der Waals surface area contributed by atoms with Crippen molar-refractivity contribution in [2.24, 2.45) is 0 Å². The van der Waals surface area contributed by atoms with Gasteiger partial charge in [0, 0.05) is 10.7 Å². The second-order valence-electron chi connectivity index (χ2n) is 3.61. The van der Waals surface area contributed by atoms with Gasteiger partial charge >= 0.3 is 0 Å². The minimum atomic E-state index is -0.901. The fourth-order valence-electron chi connectivity index (χ4n) is 1.44. The molecule has 0 aliphatic rings. The van der Waals surface area contributed by atoms with Crippen LogP contribution in [0.1, 0.15) is 0 Å². The summed E-state index contributed by atoms with van der Waals surface area (Å²) in [6.45, 7) is 0. The number of hydrogen-bond donors (Lipinski definition) is 2. The molecule has 2 rings (SSSR count). The zero-order valence-corrected chi connectivity index (χ0v) is 9.73. The number of anilines is 3. The zero-order valence-electron chi connectivity index (χ0n) is 8.98. The Labute approximate surface area is 106 Å². The van der Waals surface area contributed by atoms with Gasteiger partial charge < -0.3 is 11.1 Å². The lowest BCUT2D eigenvalue weighted by atomic mass is 10.2. The molecule has 0 atom stereocenters. The van der Waals surface area contributed by atoms with Crippen molar-refractivity contribution < 1.29 is 13.2 Å². The lowest BCUT2D eigenvalue weighted by molar-refractivity contribution is 0.590. The normalized spacial score (nSPS) is 10.4. The van der Waals surface area contributed by atoms with E-state index in [1.807, 2.05) is 0 Å². The summed E-state index contributed by atoms with van der Waals surface area (Å²) in [7, 11) is 0. The minimum Gasteiger partial charge on any atom is -0.399 e. The molecule has 0 bridgehead atoms. The van der Waals surface area contributed by atoms with Crippen molar-refractivity contribution in [1.29, 1.82) is 0 Å². The molecule has 0 fully saturated rings. The summed E-state index contributed by atoms with van der Waals surface area (Å²) in [5, 5.41) is 2.52. The Hall–Kier alpha value is -1.88. The van der Waals surface area contributed by atoms with Gasteiger partial charge in [-0.2, -0.15) is 0 Å². The van der Waals surface area contributed by atoms with Crippen molar-refractivity contribution >= 4 is 28.7 Å². The van der Waals surface area contributed by atoms with Crippen LogP contribution in [0.3, 0.4) is 0 Å². The molecule has 2 nitrogen and oxygen atoms in total. The number of nitrogens with two attached hydrogens (primary N) is 1. The second-order valence-corrected chi connectivity index (χ2v) is 4.05. The Morgan fingerprint density at radius 2 is 1.56 bits per heavy atom. The van der Waals surface area contributed by atoms with Gasteiger partial charge in [0.1, 0.15) is 11.5 Å². The van der Waals surface area contributed by atoms with E-state index < -0.39 is 23.1 Å². The van der Waals surface area contributed by atoms with Gasteiger partial charge in [0.15, 0.2) is 11.6 Å². The van der Waals surface area contributed by atoms with Crippen molar-refractivity contribution in [3.63, 3.8) is 0 Å². The van der Waals surface area contributed by atoms with Crippen LogP contribution in [0.5, 0.6) is 0 Å². The highest BCUT2D eigenvalue weighted by atomic mass is 35.5. The van der Waals surface area contributed by atoms with Crippen molar-refractivity contribution in [2.45, 2.75) is 0 Å². The average molecular weight is 273 g/mol. The quantitative estimate of drug-likeness (QED) is 0.808. The Morgan fingerprint density at radius 1 is 0.944 bits per heavy atom. The predicted octanol–water partition coefficient (Wildman–Crippen LogP) is 4.08. The summed E-state index contributed by atoms with van der Waals surface area (Å²) in [4.78, 5) is 0. The van der Waals surface area contributed by atoms with Gasteiger partial charge in [0.25, 0.3) is 0 Å². The predicted molar refractivity (Wildman–Crippen MR) is 65.5 cm³/mol. The number of hydrogen-bond acceptors (Lipinski definition) is 2.